The van der Waals surface area contributed by atoms with Gasteiger partial charge in [0.05, 0.1) is 0 Å². The van der Waals surface area contributed by atoms with E-state index >= 15 is 0 Å². The molecule has 0 spiro atoms. The molecule has 1 fully saturated rings. The monoisotopic (exact) mass is 264 g/mol. The summed E-state index contributed by atoms with van der Waals surface area (Å²) in [7, 11) is 4.15. The van der Waals surface area contributed by atoms with Crippen LogP contribution in [0.1, 0.15) is 25.3 Å². The van der Waals surface area contributed by atoms with E-state index in [4.69, 9.17) is 0 Å². The Labute approximate surface area is 115 Å². The lowest BCUT2D eigenvalue weighted by atomic mass is 10.1. The SMILES string of the molecule is CN(C)c1ccc(CNCC2(C)CCCS2)cc1. The number of thioether (sulfide) groups is 1. The lowest BCUT2D eigenvalue weighted by Crippen LogP contribution is -2.32. The van der Waals surface area contributed by atoms with Crippen LogP contribution in [0.25, 0.3) is 0 Å². The molecular formula is C15H24N2S. The molecule has 0 amide bonds. The van der Waals surface area contributed by atoms with Crippen molar-refractivity contribution in [3.05, 3.63) is 29.8 Å². The fraction of sp³-hybridized carbons (Fsp3) is 0.600. The van der Waals surface area contributed by atoms with E-state index in [1.807, 2.05) is 0 Å². The fourth-order valence-electron chi connectivity index (χ4n) is 2.36. The molecule has 1 aliphatic rings. The third-order valence-electron chi connectivity index (χ3n) is 3.58. The van der Waals surface area contributed by atoms with Crippen molar-refractivity contribution in [3.8, 4) is 0 Å². The highest BCUT2D eigenvalue weighted by molar-refractivity contribution is 8.00. The molecular weight excluding hydrogens is 240 g/mol. The standard InChI is InChI=1S/C15H24N2S/c1-15(9-4-10-18-15)12-16-11-13-5-7-14(8-6-13)17(2)3/h5-8,16H,4,9-12H2,1-3H3. The Kier molecular flexibility index (Phi) is 4.57. The average molecular weight is 264 g/mol. The van der Waals surface area contributed by atoms with Crippen LogP contribution in [0.4, 0.5) is 5.69 Å². The zero-order valence-corrected chi connectivity index (χ0v) is 12.5. The van der Waals surface area contributed by atoms with Crippen molar-refractivity contribution in [1.82, 2.24) is 5.32 Å². The smallest absolute Gasteiger partial charge is 0.0361 e. The van der Waals surface area contributed by atoms with Crippen LogP contribution in [-0.4, -0.2) is 31.1 Å². The summed E-state index contributed by atoms with van der Waals surface area (Å²) in [5.41, 5.74) is 2.63. The summed E-state index contributed by atoms with van der Waals surface area (Å²) in [6.07, 6.45) is 2.73. The summed E-state index contributed by atoms with van der Waals surface area (Å²) < 4.78 is 0.462. The molecule has 0 aliphatic carbocycles. The molecule has 1 aliphatic heterocycles. The highest BCUT2D eigenvalue weighted by Crippen LogP contribution is 2.36. The second-order valence-corrected chi connectivity index (χ2v) is 7.25. The molecule has 1 saturated heterocycles. The molecule has 3 heteroatoms. The van der Waals surface area contributed by atoms with E-state index < -0.39 is 0 Å². The molecule has 18 heavy (non-hydrogen) atoms. The maximum absolute atomic E-state index is 3.60. The third-order valence-corrected chi connectivity index (χ3v) is 5.12. The number of nitrogens with zero attached hydrogens (tertiary/aromatic N) is 1. The largest absolute Gasteiger partial charge is 0.378 e. The Hall–Kier alpha value is -0.670. The van der Waals surface area contributed by atoms with Crippen molar-refractivity contribution < 1.29 is 0 Å². The number of rotatable bonds is 5. The Morgan fingerprint density at radius 1 is 1.28 bits per heavy atom. The van der Waals surface area contributed by atoms with Crippen LogP contribution < -0.4 is 10.2 Å². The summed E-state index contributed by atoms with van der Waals surface area (Å²) in [6, 6.07) is 8.80. The van der Waals surface area contributed by atoms with Gasteiger partial charge < -0.3 is 10.2 Å². The first-order chi connectivity index (χ1) is 8.59. The molecule has 0 saturated carbocycles. The maximum atomic E-state index is 3.60. The first-order valence-electron chi connectivity index (χ1n) is 6.70. The van der Waals surface area contributed by atoms with Crippen molar-refractivity contribution in [2.24, 2.45) is 0 Å². The van der Waals surface area contributed by atoms with Gasteiger partial charge in [0.15, 0.2) is 0 Å². The molecule has 1 N–H and O–H groups in total. The Balaban J connectivity index is 1.79. The van der Waals surface area contributed by atoms with Crippen LogP contribution in [0.5, 0.6) is 0 Å². The van der Waals surface area contributed by atoms with Gasteiger partial charge in [0.1, 0.15) is 0 Å². The normalized spacial score (nSPS) is 23.3. The van der Waals surface area contributed by atoms with Gasteiger partial charge >= 0.3 is 0 Å². The van der Waals surface area contributed by atoms with Gasteiger partial charge in [0.25, 0.3) is 0 Å². The fourth-order valence-corrected chi connectivity index (χ4v) is 3.63. The molecule has 100 valence electrons. The number of anilines is 1. The first-order valence-corrected chi connectivity index (χ1v) is 7.69. The van der Waals surface area contributed by atoms with Crippen molar-refractivity contribution in [1.29, 1.82) is 0 Å². The van der Waals surface area contributed by atoms with Crippen LogP contribution in [0.2, 0.25) is 0 Å². The van der Waals surface area contributed by atoms with Gasteiger partial charge in [0, 0.05) is 37.6 Å². The van der Waals surface area contributed by atoms with Crippen molar-refractivity contribution >= 4 is 17.4 Å². The van der Waals surface area contributed by atoms with Crippen LogP contribution in [0, 0.1) is 0 Å². The number of benzene rings is 1. The Bertz CT molecular complexity index is 367. The van der Waals surface area contributed by atoms with Crippen LogP contribution in [0.3, 0.4) is 0 Å². The lowest BCUT2D eigenvalue weighted by molar-refractivity contribution is 0.537. The van der Waals surface area contributed by atoms with E-state index in [1.54, 1.807) is 0 Å². The summed E-state index contributed by atoms with van der Waals surface area (Å²) in [5, 5.41) is 3.60. The topological polar surface area (TPSA) is 15.3 Å². The minimum Gasteiger partial charge on any atom is -0.378 e. The van der Waals surface area contributed by atoms with Gasteiger partial charge in [-0.25, -0.2) is 0 Å². The van der Waals surface area contributed by atoms with E-state index in [9.17, 15) is 0 Å². The molecule has 1 unspecified atom stereocenters. The van der Waals surface area contributed by atoms with Gasteiger partial charge in [-0.1, -0.05) is 12.1 Å². The van der Waals surface area contributed by atoms with E-state index in [0.717, 1.165) is 13.1 Å². The minimum absolute atomic E-state index is 0.462. The van der Waals surface area contributed by atoms with Crippen LogP contribution >= 0.6 is 11.8 Å². The van der Waals surface area contributed by atoms with Gasteiger partial charge in [-0.15, -0.1) is 0 Å². The summed E-state index contributed by atoms with van der Waals surface area (Å²) in [6.45, 7) is 4.48. The summed E-state index contributed by atoms with van der Waals surface area (Å²) >= 11 is 2.12. The first kappa shape index (κ1) is 13.8. The van der Waals surface area contributed by atoms with E-state index in [0.29, 0.717) is 4.75 Å². The summed E-state index contributed by atoms with van der Waals surface area (Å²) in [5.74, 6) is 1.33. The molecule has 2 nitrogen and oxygen atoms in total. The van der Waals surface area contributed by atoms with Crippen molar-refractivity contribution in [2.75, 3.05) is 31.3 Å². The number of hydrogen-bond acceptors (Lipinski definition) is 3. The van der Waals surface area contributed by atoms with Crippen molar-refractivity contribution in [2.45, 2.75) is 31.1 Å². The molecule has 1 heterocycles. The zero-order valence-electron chi connectivity index (χ0n) is 11.7. The molecule has 1 aromatic carbocycles. The van der Waals surface area contributed by atoms with Crippen LogP contribution in [-0.2, 0) is 6.54 Å². The van der Waals surface area contributed by atoms with E-state index in [2.05, 4.69) is 67.3 Å². The second-order valence-electron chi connectivity index (χ2n) is 5.57. The molecule has 1 atom stereocenters. The quantitative estimate of drug-likeness (QED) is 0.879. The summed E-state index contributed by atoms with van der Waals surface area (Å²) in [4.78, 5) is 2.13. The van der Waals surface area contributed by atoms with E-state index in [-0.39, 0.29) is 0 Å². The number of hydrogen-bond donors (Lipinski definition) is 1. The zero-order chi connectivity index (χ0) is 13.0. The molecule has 1 aromatic rings. The van der Waals surface area contributed by atoms with E-state index in [1.165, 1.54) is 29.8 Å². The minimum atomic E-state index is 0.462. The van der Waals surface area contributed by atoms with Gasteiger partial charge in [-0.2, -0.15) is 11.8 Å². The predicted molar refractivity (Wildman–Crippen MR) is 82.6 cm³/mol. The number of nitrogens with one attached hydrogen (secondary N) is 1. The second kappa shape index (κ2) is 5.98. The molecule has 0 bridgehead atoms. The van der Waals surface area contributed by atoms with Gasteiger partial charge in [-0.3, -0.25) is 0 Å². The average Bonchev–Trinajstić information content (AvgIpc) is 2.77. The van der Waals surface area contributed by atoms with Gasteiger partial charge in [0.2, 0.25) is 0 Å². The predicted octanol–water partition coefficient (Wildman–Crippen LogP) is 3.13. The Morgan fingerprint density at radius 2 is 2.00 bits per heavy atom. The highest BCUT2D eigenvalue weighted by atomic mass is 32.2. The third kappa shape index (κ3) is 3.66. The Morgan fingerprint density at radius 3 is 2.56 bits per heavy atom. The lowest BCUT2D eigenvalue weighted by Gasteiger charge is -2.23. The highest BCUT2D eigenvalue weighted by Gasteiger charge is 2.28. The molecule has 0 radical (unpaired) electrons. The van der Waals surface area contributed by atoms with Crippen molar-refractivity contribution in [3.63, 3.8) is 0 Å². The van der Waals surface area contributed by atoms with Crippen LogP contribution in [0.15, 0.2) is 24.3 Å². The molecule has 2 rings (SSSR count). The molecule has 0 aromatic heterocycles. The maximum Gasteiger partial charge on any atom is 0.0361 e. The van der Waals surface area contributed by atoms with Gasteiger partial charge in [-0.05, 0) is 43.2 Å².